The molecule has 1 atom stereocenters. The highest BCUT2D eigenvalue weighted by molar-refractivity contribution is 5.79. The van der Waals surface area contributed by atoms with Gasteiger partial charge in [-0.15, -0.1) is 10.2 Å². The lowest BCUT2D eigenvalue weighted by Gasteiger charge is -2.33. The molecule has 2 N–H and O–H groups in total. The molecule has 1 aliphatic heterocycles. The summed E-state index contributed by atoms with van der Waals surface area (Å²) in [5.41, 5.74) is 0. The normalized spacial score (nSPS) is 17.2. The van der Waals surface area contributed by atoms with Crippen molar-refractivity contribution in [2.75, 3.05) is 26.7 Å². The first-order valence-corrected chi connectivity index (χ1v) is 9.40. The fourth-order valence-electron chi connectivity index (χ4n) is 3.38. The molecule has 2 aromatic heterocycles. The van der Waals surface area contributed by atoms with Gasteiger partial charge in [0, 0.05) is 20.1 Å². The molecule has 8 nitrogen and oxygen atoms in total. The number of hydrogen-bond donors (Lipinski definition) is 2. The molecular weight excluding hydrogens is 330 g/mol. The van der Waals surface area contributed by atoms with Gasteiger partial charge in [0.1, 0.15) is 12.1 Å². The molecule has 2 aromatic rings. The van der Waals surface area contributed by atoms with Crippen LogP contribution in [0.1, 0.15) is 43.8 Å². The van der Waals surface area contributed by atoms with Crippen molar-refractivity contribution in [3.05, 3.63) is 36.3 Å². The maximum atomic E-state index is 5.70. The molecule has 8 heteroatoms. The number of rotatable bonds is 7. The minimum absolute atomic E-state index is 0.211. The Kier molecular flexibility index (Phi) is 6.65. The van der Waals surface area contributed by atoms with Crippen LogP contribution < -0.4 is 10.6 Å². The van der Waals surface area contributed by atoms with E-state index in [0.717, 1.165) is 43.7 Å². The summed E-state index contributed by atoms with van der Waals surface area (Å²) in [7, 11) is 1.78. The Morgan fingerprint density at radius 1 is 1.31 bits per heavy atom. The summed E-state index contributed by atoms with van der Waals surface area (Å²) in [6.07, 6.45) is 7.30. The van der Waals surface area contributed by atoms with Gasteiger partial charge in [0.15, 0.2) is 11.8 Å². The molecule has 1 fully saturated rings. The van der Waals surface area contributed by atoms with Gasteiger partial charge in [0.25, 0.3) is 0 Å². The predicted octanol–water partition coefficient (Wildman–Crippen LogP) is 1.78. The van der Waals surface area contributed by atoms with E-state index in [1.54, 1.807) is 19.6 Å². The topological polar surface area (TPSA) is 83.5 Å². The standard InChI is InChI=1S/C18H29N7O/c1-3-24-14-22-23-17(24)13-21-18(19-2)20-12-15(16-8-7-11-26-16)25-9-5-4-6-10-25/h7-8,11,14-15H,3-6,9-10,12-13H2,1-2H3,(H2,19,20,21). The predicted molar refractivity (Wildman–Crippen MR) is 101 cm³/mol. The number of aromatic nitrogens is 3. The Morgan fingerprint density at radius 2 is 2.15 bits per heavy atom. The first-order valence-electron chi connectivity index (χ1n) is 9.40. The number of piperidine rings is 1. The quantitative estimate of drug-likeness (QED) is 0.579. The third-order valence-electron chi connectivity index (χ3n) is 4.84. The van der Waals surface area contributed by atoms with E-state index in [4.69, 9.17) is 4.42 Å². The number of furan rings is 1. The monoisotopic (exact) mass is 359 g/mol. The molecule has 142 valence electrons. The first kappa shape index (κ1) is 18.4. The molecule has 3 rings (SSSR count). The van der Waals surface area contributed by atoms with Crippen molar-refractivity contribution in [1.29, 1.82) is 0 Å². The highest BCUT2D eigenvalue weighted by Gasteiger charge is 2.24. The lowest BCUT2D eigenvalue weighted by atomic mass is 10.1. The maximum Gasteiger partial charge on any atom is 0.191 e. The number of hydrogen-bond acceptors (Lipinski definition) is 5. The van der Waals surface area contributed by atoms with Crippen LogP contribution in [0.2, 0.25) is 0 Å². The van der Waals surface area contributed by atoms with Crippen molar-refractivity contribution in [2.45, 2.75) is 45.3 Å². The molecule has 0 bridgehead atoms. The highest BCUT2D eigenvalue weighted by Crippen LogP contribution is 2.24. The van der Waals surface area contributed by atoms with Crippen molar-refractivity contribution in [3.63, 3.8) is 0 Å². The van der Waals surface area contributed by atoms with Gasteiger partial charge in [0.05, 0.1) is 18.8 Å². The number of aryl methyl sites for hydroxylation is 1. The van der Waals surface area contributed by atoms with E-state index in [1.165, 1.54) is 19.3 Å². The largest absolute Gasteiger partial charge is 0.468 e. The fourth-order valence-corrected chi connectivity index (χ4v) is 3.38. The van der Waals surface area contributed by atoms with Gasteiger partial charge in [-0.2, -0.15) is 0 Å². The first-order chi connectivity index (χ1) is 12.8. The van der Waals surface area contributed by atoms with Crippen molar-refractivity contribution >= 4 is 5.96 Å². The molecule has 1 unspecified atom stereocenters. The van der Waals surface area contributed by atoms with Crippen LogP contribution in [-0.4, -0.2) is 52.3 Å². The Hall–Kier alpha value is -2.35. The molecule has 26 heavy (non-hydrogen) atoms. The number of nitrogens with zero attached hydrogens (tertiary/aromatic N) is 5. The third kappa shape index (κ3) is 4.63. The van der Waals surface area contributed by atoms with Gasteiger partial charge in [-0.3, -0.25) is 9.89 Å². The Balaban J connectivity index is 1.58. The fraction of sp³-hybridized carbons (Fsp3) is 0.611. The van der Waals surface area contributed by atoms with E-state index in [1.807, 2.05) is 10.6 Å². The zero-order valence-corrected chi connectivity index (χ0v) is 15.7. The second-order valence-electron chi connectivity index (χ2n) is 6.47. The van der Waals surface area contributed by atoms with Gasteiger partial charge >= 0.3 is 0 Å². The van der Waals surface area contributed by atoms with Crippen LogP contribution in [0.4, 0.5) is 0 Å². The zero-order valence-electron chi connectivity index (χ0n) is 15.7. The average Bonchev–Trinajstić information content (AvgIpc) is 3.37. The number of guanidine groups is 1. The molecule has 0 spiro atoms. The molecule has 3 heterocycles. The van der Waals surface area contributed by atoms with Crippen molar-refractivity contribution < 1.29 is 4.42 Å². The van der Waals surface area contributed by atoms with Crippen LogP contribution in [0.5, 0.6) is 0 Å². The van der Waals surface area contributed by atoms with Gasteiger partial charge in [-0.25, -0.2) is 0 Å². The van der Waals surface area contributed by atoms with E-state index >= 15 is 0 Å². The van der Waals surface area contributed by atoms with Crippen LogP contribution in [0, 0.1) is 0 Å². The minimum Gasteiger partial charge on any atom is -0.468 e. The summed E-state index contributed by atoms with van der Waals surface area (Å²) in [6.45, 7) is 6.48. The second kappa shape index (κ2) is 9.38. The minimum atomic E-state index is 0.211. The highest BCUT2D eigenvalue weighted by atomic mass is 16.3. The molecule has 0 radical (unpaired) electrons. The van der Waals surface area contributed by atoms with Gasteiger partial charge < -0.3 is 19.6 Å². The van der Waals surface area contributed by atoms with Gasteiger partial charge in [-0.05, 0) is 45.0 Å². The third-order valence-corrected chi connectivity index (χ3v) is 4.84. The number of nitrogens with one attached hydrogen (secondary N) is 2. The van der Waals surface area contributed by atoms with Gasteiger partial charge in [0.2, 0.25) is 0 Å². The lowest BCUT2D eigenvalue weighted by molar-refractivity contribution is 0.146. The Bertz CT molecular complexity index is 674. The van der Waals surface area contributed by atoms with Crippen LogP contribution in [0.15, 0.2) is 34.1 Å². The SMILES string of the molecule is CCn1cnnc1CNC(=NC)NCC(c1ccco1)N1CCCCC1. The van der Waals surface area contributed by atoms with Crippen molar-refractivity contribution in [1.82, 2.24) is 30.3 Å². The molecule has 0 aromatic carbocycles. The van der Waals surface area contributed by atoms with Crippen LogP contribution in [-0.2, 0) is 13.1 Å². The lowest BCUT2D eigenvalue weighted by Crippen LogP contribution is -2.44. The van der Waals surface area contributed by atoms with Crippen LogP contribution in [0.3, 0.4) is 0 Å². The molecule has 1 aliphatic rings. The van der Waals surface area contributed by atoms with Crippen LogP contribution >= 0.6 is 0 Å². The number of likely N-dealkylation sites (tertiary alicyclic amines) is 1. The Labute approximate surface area is 154 Å². The smallest absolute Gasteiger partial charge is 0.191 e. The van der Waals surface area contributed by atoms with Gasteiger partial charge in [-0.1, -0.05) is 6.42 Å². The van der Waals surface area contributed by atoms with E-state index in [0.29, 0.717) is 6.54 Å². The summed E-state index contributed by atoms with van der Waals surface area (Å²) in [4.78, 5) is 6.83. The second-order valence-corrected chi connectivity index (χ2v) is 6.47. The summed E-state index contributed by atoms with van der Waals surface area (Å²) in [5, 5.41) is 14.9. The van der Waals surface area contributed by atoms with E-state index in [9.17, 15) is 0 Å². The summed E-state index contributed by atoms with van der Waals surface area (Å²) < 4.78 is 7.71. The van der Waals surface area contributed by atoms with E-state index < -0.39 is 0 Å². The maximum absolute atomic E-state index is 5.70. The summed E-state index contributed by atoms with van der Waals surface area (Å²) >= 11 is 0. The molecule has 0 saturated carbocycles. The summed E-state index contributed by atoms with van der Waals surface area (Å²) in [5.74, 6) is 2.65. The van der Waals surface area contributed by atoms with Crippen molar-refractivity contribution in [3.8, 4) is 0 Å². The van der Waals surface area contributed by atoms with E-state index in [-0.39, 0.29) is 6.04 Å². The molecular formula is C18H29N7O. The molecule has 1 saturated heterocycles. The van der Waals surface area contributed by atoms with Crippen LogP contribution in [0.25, 0.3) is 0 Å². The zero-order chi connectivity index (χ0) is 18.2. The van der Waals surface area contributed by atoms with Crippen molar-refractivity contribution in [2.24, 2.45) is 4.99 Å². The molecule has 0 aliphatic carbocycles. The summed E-state index contributed by atoms with van der Waals surface area (Å²) in [6, 6.07) is 4.22. The molecule has 0 amide bonds. The van der Waals surface area contributed by atoms with E-state index in [2.05, 4.69) is 43.7 Å². The number of aliphatic imine (C=N–C) groups is 1. The average molecular weight is 359 g/mol. The Morgan fingerprint density at radius 3 is 2.85 bits per heavy atom.